The summed E-state index contributed by atoms with van der Waals surface area (Å²) in [5, 5.41) is 0. The number of nitrogens with two attached hydrogens (primary N) is 1. The third-order valence-electron chi connectivity index (χ3n) is 2.13. The molecule has 118 valence electrons. The van der Waals surface area contributed by atoms with Gasteiger partial charge in [-0.05, 0) is 28.9 Å². The van der Waals surface area contributed by atoms with E-state index in [0.29, 0.717) is 19.1 Å². The molecule has 0 saturated heterocycles. The highest BCUT2D eigenvalue weighted by atomic mass is 79.9. The Labute approximate surface area is 123 Å². The smallest absolute Gasteiger partial charge is 0.425 e. The van der Waals surface area contributed by atoms with E-state index in [1.807, 2.05) is 0 Å². The number of alkyl halides is 6. The molecule has 0 aromatic carbocycles. The van der Waals surface area contributed by atoms with Crippen LogP contribution in [0.2, 0.25) is 0 Å². The summed E-state index contributed by atoms with van der Waals surface area (Å²) in [4.78, 5) is 6.57. The summed E-state index contributed by atoms with van der Waals surface area (Å²) in [6, 6.07) is 1.19. The van der Waals surface area contributed by atoms with E-state index >= 15 is 0 Å². The van der Waals surface area contributed by atoms with E-state index in [0.717, 1.165) is 0 Å². The molecule has 4 nitrogen and oxygen atoms in total. The predicted octanol–water partition coefficient (Wildman–Crippen LogP) is 3.77. The SMILES string of the molecule is C[C@H](Oc1ccc(C(F)(F)F)c(/N=C(\N)Br)n1)C(F)(F)F. The van der Waals surface area contributed by atoms with Crippen LogP contribution in [-0.2, 0) is 6.18 Å². The summed E-state index contributed by atoms with van der Waals surface area (Å²) >= 11 is 2.62. The topological polar surface area (TPSA) is 60.5 Å². The van der Waals surface area contributed by atoms with Crippen molar-refractivity contribution in [2.24, 2.45) is 10.7 Å². The van der Waals surface area contributed by atoms with Crippen LogP contribution in [0.4, 0.5) is 32.2 Å². The van der Waals surface area contributed by atoms with Gasteiger partial charge in [0.15, 0.2) is 16.7 Å². The Morgan fingerprint density at radius 2 is 1.86 bits per heavy atom. The van der Waals surface area contributed by atoms with Crippen molar-refractivity contribution in [1.29, 1.82) is 0 Å². The van der Waals surface area contributed by atoms with Crippen molar-refractivity contribution in [3.63, 3.8) is 0 Å². The van der Waals surface area contributed by atoms with Gasteiger partial charge in [0.05, 0.1) is 0 Å². The Balaban J connectivity index is 3.20. The molecule has 1 aromatic rings. The lowest BCUT2D eigenvalue weighted by molar-refractivity contribution is -0.190. The van der Waals surface area contributed by atoms with Crippen molar-refractivity contribution >= 4 is 26.5 Å². The Kier molecular flexibility index (Phi) is 5.07. The molecule has 0 spiro atoms. The maximum Gasteiger partial charge on any atom is 0.425 e. The quantitative estimate of drug-likeness (QED) is 0.376. The van der Waals surface area contributed by atoms with Gasteiger partial charge in [0.1, 0.15) is 5.56 Å². The summed E-state index contributed by atoms with van der Waals surface area (Å²) < 4.78 is 79.1. The average molecular weight is 380 g/mol. The minimum absolute atomic E-state index is 0.415. The van der Waals surface area contributed by atoms with E-state index in [4.69, 9.17) is 5.73 Å². The van der Waals surface area contributed by atoms with E-state index < -0.39 is 40.5 Å². The highest BCUT2D eigenvalue weighted by molar-refractivity contribution is 9.18. The summed E-state index contributed by atoms with van der Waals surface area (Å²) in [6.07, 6.45) is -11.7. The van der Waals surface area contributed by atoms with Gasteiger partial charge in [0.25, 0.3) is 0 Å². The highest BCUT2D eigenvalue weighted by Crippen LogP contribution is 2.37. The average Bonchev–Trinajstić information content (AvgIpc) is 2.25. The molecule has 0 saturated carbocycles. The first-order chi connectivity index (χ1) is 9.41. The number of pyridine rings is 1. The number of aliphatic imine (C=N–C) groups is 1. The van der Waals surface area contributed by atoms with Crippen LogP contribution >= 0.6 is 15.9 Å². The van der Waals surface area contributed by atoms with Gasteiger partial charge in [-0.25, -0.2) is 4.99 Å². The molecule has 2 N–H and O–H groups in total. The lowest BCUT2D eigenvalue weighted by Crippen LogP contribution is -2.31. The minimum Gasteiger partial charge on any atom is -0.465 e. The summed E-state index contributed by atoms with van der Waals surface area (Å²) in [6.45, 7) is 0.696. The Morgan fingerprint density at radius 1 is 1.29 bits per heavy atom. The van der Waals surface area contributed by atoms with Crippen molar-refractivity contribution in [1.82, 2.24) is 4.98 Å². The second-order valence-electron chi connectivity index (χ2n) is 3.75. The maximum atomic E-state index is 12.7. The van der Waals surface area contributed by atoms with Crippen molar-refractivity contribution < 1.29 is 31.1 Å². The molecule has 0 amide bonds. The first-order valence-electron chi connectivity index (χ1n) is 5.22. The Bertz CT molecular complexity index is 539. The van der Waals surface area contributed by atoms with Gasteiger partial charge in [-0.1, -0.05) is 0 Å². The molecule has 0 radical (unpaired) electrons. The number of hydrogen-bond acceptors (Lipinski definition) is 3. The normalized spacial score (nSPS) is 15.0. The molecule has 1 atom stereocenters. The van der Waals surface area contributed by atoms with E-state index in [2.05, 4.69) is 30.6 Å². The standard InChI is InChI=1S/C10H8BrF6N3O/c1-4(9(12,13)14)21-6-3-2-5(10(15,16)17)7(19-6)20-8(11)18/h2-4H,1H3,(H2,18,19,20)/t4-/m0/s1. The zero-order valence-corrected chi connectivity index (χ0v) is 11.8. The van der Waals surface area contributed by atoms with Crippen LogP contribution < -0.4 is 10.5 Å². The lowest BCUT2D eigenvalue weighted by Gasteiger charge is -2.17. The minimum atomic E-state index is -4.79. The largest absolute Gasteiger partial charge is 0.465 e. The van der Waals surface area contributed by atoms with Crippen LogP contribution in [0, 0.1) is 0 Å². The summed E-state index contributed by atoms with van der Waals surface area (Å²) in [7, 11) is 0. The van der Waals surface area contributed by atoms with Crippen LogP contribution in [0.5, 0.6) is 5.88 Å². The second kappa shape index (κ2) is 6.08. The molecule has 0 fully saturated rings. The zero-order chi connectivity index (χ0) is 16.4. The van der Waals surface area contributed by atoms with Gasteiger partial charge in [-0.3, -0.25) is 0 Å². The molecule has 0 aliphatic carbocycles. The number of amidine groups is 1. The fraction of sp³-hybridized carbons (Fsp3) is 0.400. The fourth-order valence-corrected chi connectivity index (χ4v) is 1.32. The number of aromatic nitrogens is 1. The first-order valence-corrected chi connectivity index (χ1v) is 6.02. The third kappa shape index (κ3) is 5.06. The Morgan fingerprint density at radius 3 is 2.29 bits per heavy atom. The van der Waals surface area contributed by atoms with Gasteiger partial charge in [0.2, 0.25) is 5.88 Å². The predicted molar refractivity (Wildman–Crippen MR) is 65.6 cm³/mol. The lowest BCUT2D eigenvalue weighted by atomic mass is 10.2. The van der Waals surface area contributed by atoms with Crippen LogP contribution in [0.1, 0.15) is 12.5 Å². The summed E-state index contributed by atoms with van der Waals surface area (Å²) in [5.74, 6) is -1.55. The molecular formula is C10H8BrF6N3O. The zero-order valence-electron chi connectivity index (χ0n) is 10.3. The molecule has 1 heterocycles. The summed E-state index contributed by atoms with van der Waals surface area (Å²) in [5.41, 5.74) is 3.84. The molecule has 1 rings (SSSR count). The van der Waals surface area contributed by atoms with Crippen molar-refractivity contribution in [3.05, 3.63) is 17.7 Å². The van der Waals surface area contributed by atoms with Crippen molar-refractivity contribution in [2.75, 3.05) is 0 Å². The van der Waals surface area contributed by atoms with Crippen LogP contribution in [-0.4, -0.2) is 22.0 Å². The van der Waals surface area contributed by atoms with Crippen LogP contribution in [0.25, 0.3) is 0 Å². The van der Waals surface area contributed by atoms with Gasteiger partial charge in [-0.15, -0.1) is 0 Å². The number of hydrogen-bond donors (Lipinski definition) is 1. The maximum absolute atomic E-state index is 12.7. The van der Waals surface area contributed by atoms with Gasteiger partial charge in [-0.2, -0.15) is 31.3 Å². The second-order valence-corrected chi connectivity index (χ2v) is 4.57. The number of nitrogens with zero attached hydrogens (tertiary/aromatic N) is 2. The number of halogens is 7. The van der Waals surface area contributed by atoms with Crippen molar-refractivity contribution in [2.45, 2.75) is 25.4 Å². The van der Waals surface area contributed by atoms with Gasteiger partial charge < -0.3 is 10.5 Å². The molecular weight excluding hydrogens is 372 g/mol. The fourth-order valence-electron chi connectivity index (χ4n) is 1.15. The van der Waals surface area contributed by atoms with E-state index in [1.165, 1.54) is 0 Å². The van der Waals surface area contributed by atoms with Gasteiger partial charge in [0, 0.05) is 6.07 Å². The highest BCUT2D eigenvalue weighted by Gasteiger charge is 2.39. The molecule has 21 heavy (non-hydrogen) atoms. The van der Waals surface area contributed by atoms with Gasteiger partial charge >= 0.3 is 12.4 Å². The molecule has 11 heteroatoms. The van der Waals surface area contributed by atoms with Crippen LogP contribution in [0.15, 0.2) is 17.1 Å². The number of rotatable bonds is 3. The molecule has 0 aliphatic rings. The molecule has 0 unspecified atom stereocenters. The third-order valence-corrected chi connectivity index (χ3v) is 2.30. The molecule has 0 bridgehead atoms. The van der Waals surface area contributed by atoms with E-state index in [-0.39, 0.29) is 0 Å². The Hall–Kier alpha value is -1.52. The van der Waals surface area contributed by atoms with E-state index in [9.17, 15) is 26.3 Å². The molecule has 0 aliphatic heterocycles. The first kappa shape index (κ1) is 17.5. The van der Waals surface area contributed by atoms with Crippen molar-refractivity contribution in [3.8, 4) is 5.88 Å². The monoisotopic (exact) mass is 379 g/mol. The molecule has 1 aromatic heterocycles. The van der Waals surface area contributed by atoms with E-state index in [1.54, 1.807) is 0 Å². The number of ether oxygens (including phenoxy) is 1. The van der Waals surface area contributed by atoms with Crippen LogP contribution in [0.3, 0.4) is 0 Å².